The van der Waals surface area contributed by atoms with Crippen molar-refractivity contribution >= 4 is 0 Å². The van der Waals surface area contributed by atoms with Gasteiger partial charge in [0.2, 0.25) is 0 Å². The van der Waals surface area contributed by atoms with Crippen molar-refractivity contribution in [3.05, 3.63) is 18.0 Å². The molecule has 0 saturated carbocycles. The number of H-pyrrole nitrogens is 1. The van der Waals surface area contributed by atoms with Gasteiger partial charge in [0.15, 0.2) is 12.6 Å². The average Bonchev–Trinajstić information content (AvgIpc) is 2.31. The van der Waals surface area contributed by atoms with Crippen molar-refractivity contribution < 1.29 is 9.47 Å². The summed E-state index contributed by atoms with van der Waals surface area (Å²) in [6, 6.07) is 0. The van der Waals surface area contributed by atoms with E-state index in [-0.39, 0.29) is 12.6 Å². The highest BCUT2D eigenvalue weighted by molar-refractivity contribution is 5.05. The SMILES string of the molecule is CC1OC(c2cn[nH]c2)O1. The van der Waals surface area contributed by atoms with Crippen LogP contribution in [0.5, 0.6) is 0 Å². The van der Waals surface area contributed by atoms with Crippen LogP contribution < -0.4 is 0 Å². The topological polar surface area (TPSA) is 47.1 Å². The first-order valence-corrected chi connectivity index (χ1v) is 3.16. The molecule has 54 valence electrons. The zero-order valence-electron chi connectivity index (χ0n) is 5.57. The Morgan fingerprint density at radius 3 is 2.90 bits per heavy atom. The molecule has 2 heterocycles. The first-order valence-electron chi connectivity index (χ1n) is 3.16. The first-order chi connectivity index (χ1) is 4.86. The van der Waals surface area contributed by atoms with Gasteiger partial charge in [0.05, 0.1) is 6.20 Å². The molecule has 4 nitrogen and oxygen atoms in total. The molecule has 0 bridgehead atoms. The molecule has 1 saturated heterocycles. The highest BCUT2D eigenvalue weighted by Crippen LogP contribution is 2.30. The number of nitrogens with zero attached hydrogens (tertiary/aromatic N) is 1. The van der Waals surface area contributed by atoms with Crippen LogP contribution in [0.25, 0.3) is 0 Å². The molecule has 1 aliphatic rings. The van der Waals surface area contributed by atoms with Crippen molar-refractivity contribution in [1.29, 1.82) is 0 Å². The lowest BCUT2D eigenvalue weighted by molar-refractivity contribution is -0.382. The van der Waals surface area contributed by atoms with Crippen LogP contribution in [-0.2, 0) is 9.47 Å². The Bertz CT molecular complexity index is 204. The van der Waals surface area contributed by atoms with E-state index in [4.69, 9.17) is 9.47 Å². The van der Waals surface area contributed by atoms with Crippen molar-refractivity contribution in [2.75, 3.05) is 0 Å². The van der Waals surface area contributed by atoms with E-state index in [0.717, 1.165) is 5.56 Å². The molecule has 1 aliphatic heterocycles. The fraction of sp³-hybridized carbons (Fsp3) is 0.500. The van der Waals surface area contributed by atoms with Crippen LogP contribution in [-0.4, -0.2) is 16.5 Å². The lowest BCUT2D eigenvalue weighted by atomic mass is 10.3. The van der Waals surface area contributed by atoms with Crippen LogP contribution in [0.1, 0.15) is 18.8 Å². The van der Waals surface area contributed by atoms with Crippen LogP contribution >= 0.6 is 0 Å². The van der Waals surface area contributed by atoms with Gasteiger partial charge < -0.3 is 9.47 Å². The largest absolute Gasteiger partial charge is 0.319 e. The fourth-order valence-corrected chi connectivity index (χ4v) is 0.905. The summed E-state index contributed by atoms with van der Waals surface area (Å²) in [4.78, 5) is 0. The van der Waals surface area contributed by atoms with Gasteiger partial charge in [0.25, 0.3) is 0 Å². The normalized spacial score (nSPS) is 31.7. The molecule has 0 spiro atoms. The number of aromatic amines is 1. The van der Waals surface area contributed by atoms with Crippen molar-refractivity contribution in [1.82, 2.24) is 10.2 Å². The summed E-state index contributed by atoms with van der Waals surface area (Å²) in [5.74, 6) is 0. The van der Waals surface area contributed by atoms with E-state index < -0.39 is 0 Å². The predicted octanol–water partition coefficient (Wildman–Crippen LogP) is 0.801. The second-order valence-electron chi connectivity index (χ2n) is 2.20. The molecule has 4 heteroatoms. The molecule has 0 atom stereocenters. The molecule has 2 rings (SSSR count). The lowest BCUT2D eigenvalue weighted by Crippen LogP contribution is -2.31. The maximum Gasteiger partial charge on any atom is 0.192 e. The van der Waals surface area contributed by atoms with Gasteiger partial charge in [-0.3, -0.25) is 5.10 Å². The van der Waals surface area contributed by atoms with Gasteiger partial charge in [0, 0.05) is 11.8 Å². The Morgan fingerprint density at radius 2 is 2.40 bits per heavy atom. The Balaban J connectivity index is 2.04. The minimum absolute atomic E-state index is 0.0695. The van der Waals surface area contributed by atoms with E-state index in [2.05, 4.69) is 10.2 Å². The summed E-state index contributed by atoms with van der Waals surface area (Å²) in [5, 5.41) is 6.45. The van der Waals surface area contributed by atoms with Gasteiger partial charge in [-0.15, -0.1) is 0 Å². The summed E-state index contributed by atoms with van der Waals surface area (Å²) in [6.45, 7) is 1.86. The average molecular weight is 140 g/mol. The fourth-order valence-electron chi connectivity index (χ4n) is 0.905. The second-order valence-corrected chi connectivity index (χ2v) is 2.20. The summed E-state index contributed by atoms with van der Waals surface area (Å²) in [6.07, 6.45) is 3.18. The summed E-state index contributed by atoms with van der Waals surface area (Å²) < 4.78 is 10.4. The van der Waals surface area contributed by atoms with Gasteiger partial charge in [-0.05, 0) is 6.92 Å². The van der Waals surface area contributed by atoms with Crippen LogP contribution in [0.15, 0.2) is 12.4 Å². The van der Waals surface area contributed by atoms with Crippen molar-refractivity contribution in [2.45, 2.75) is 19.5 Å². The second kappa shape index (κ2) is 2.07. The highest BCUT2D eigenvalue weighted by Gasteiger charge is 2.28. The van der Waals surface area contributed by atoms with Gasteiger partial charge in [-0.25, -0.2) is 0 Å². The minimum Gasteiger partial charge on any atom is -0.319 e. The molecule has 1 aromatic rings. The number of ether oxygens (including phenoxy) is 2. The monoisotopic (exact) mass is 140 g/mol. The molecular formula is C6H8N2O2. The lowest BCUT2D eigenvalue weighted by Gasteiger charge is -2.32. The van der Waals surface area contributed by atoms with Gasteiger partial charge >= 0.3 is 0 Å². The molecule has 0 radical (unpaired) electrons. The Morgan fingerprint density at radius 1 is 1.60 bits per heavy atom. The number of hydrogen-bond acceptors (Lipinski definition) is 3. The van der Waals surface area contributed by atoms with E-state index >= 15 is 0 Å². The van der Waals surface area contributed by atoms with Gasteiger partial charge in [-0.1, -0.05) is 0 Å². The molecule has 0 aromatic carbocycles. The van der Waals surface area contributed by atoms with Gasteiger partial charge in [0.1, 0.15) is 0 Å². The van der Waals surface area contributed by atoms with E-state index in [1.807, 2.05) is 6.92 Å². The van der Waals surface area contributed by atoms with Gasteiger partial charge in [-0.2, -0.15) is 5.10 Å². The third kappa shape index (κ3) is 0.815. The molecule has 10 heavy (non-hydrogen) atoms. The van der Waals surface area contributed by atoms with Crippen molar-refractivity contribution in [2.24, 2.45) is 0 Å². The zero-order valence-corrected chi connectivity index (χ0v) is 5.57. The molecule has 1 aromatic heterocycles. The maximum absolute atomic E-state index is 5.20. The third-order valence-electron chi connectivity index (χ3n) is 1.42. The quantitative estimate of drug-likeness (QED) is 0.627. The molecule has 0 unspecified atom stereocenters. The Labute approximate surface area is 58.1 Å². The Kier molecular flexibility index (Phi) is 1.22. The third-order valence-corrected chi connectivity index (χ3v) is 1.42. The Hall–Kier alpha value is -0.870. The standard InChI is InChI=1S/C6H8N2O2/c1-4-9-6(10-4)5-2-7-8-3-5/h2-4,6H,1H3,(H,7,8). The number of nitrogens with one attached hydrogen (secondary N) is 1. The summed E-state index contributed by atoms with van der Waals surface area (Å²) >= 11 is 0. The van der Waals surface area contributed by atoms with Crippen molar-refractivity contribution in [3.63, 3.8) is 0 Å². The minimum atomic E-state index is -0.200. The molecule has 1 fully saturated rings. The molecule has 0 aliphatic carbocycles. The summed E-state index contributed by atoms with van der Waals surface area (Å²) in [7, 11) is 0. The van der Waals surface area contributed by atoms with Crippen molar-refractivity contribution in [3.8, 4) is 0 Å². The van der Waals surface area contributed by atoms with Crippen LogP contribution in [0.3, 0.4) is 0 Å². The number of rotatable bonds is 1. The summed E-state index contributed by atoms with van der Waals surface area (Å²) in [5.41, 5.74) is 0.943. The van der Waals surface area contributed by atoms with E-state index in [0.29, 0.717) is 0 Å². The molecular weight excluding hydrogens is 132 g/mol. The smallest absolute Gasteiger partial charge is 0.192 e. The molecule has 0 amide bonds. The number of hydrogen-bond donors (Lipinski definition) is 1. The van der Waals surface area contributed by atoms with Crippen LogP contribution in [0.4, 0.5) is 0 Å². The predicted molar refractivity (Wildman–Crippen MR) is 33.0 cm³/mol. The first kappa shape index (κ1) is 5.88. The number of aromatic nitrogens is 2. The molecule has 1 N–H and O–H groups in total. The van der Waals surface area contributed by atoms with Crippen LogP contribution in [0.2, 0.25) is 0 Å². The van der Waals surface area contributed by atoms with E-state index in [1.165, 1.54) is 0 Å². The highest BCUT2D eigenvalue weighted by atomic mass is 16.9. The van der Waals surface area contributed by atoms with E-state index in [1.54, 1.807) is 12.4 Å². The zero-order chi connectivity index (χ0) is 6.97. The van der Waals surface area contributed by atoms with Crippen LogP contribution in [0, 0.1) is 0 Å². The van der Waals surface area contributed by atoms with E-state index in [9.17, 15) is 0 Å². The maximum atomic E-state index is 5.20.